The second-order valence-corrected chi connectivity index (χ2v) is 7.30. The molecule has 1 fully saturated rings. The lowest BCUT2D eigenvalue weighted by atomic mass is 10.1. The minimum absolute atomic E-state index is 0.251. The number of rotatable bonds is 3. The van der Waals surface area contributed by atoms with E-state index in [0.29, 0.717) is 18.0 Å². The molecule has 0 aliphatic carbocycles. The number of likely N-dealkylation sites (N-methyl/N-ethyl adjacent to an activating group) is 1. The van der Waals surface area contributed by atoms with Gasteiger partial charge in [0, 0.05) is 23.6 Å². The molecule has 2 rings (SSSR count). The fourth-order valence-corrected chi connectivity index (χ4v) is 4.29. The Morgan fingerprint density at radius 3 is 2.89 bits per heavy atom. The average molecular weight is 333 g/mol. The van der Waals surface area contributed by atoms with Crippen molar-refractivity contribution in [2.75, 3.05) is 20.1 Å². The third-order valence-electron chi connectivity index (χ3n) is 3.23. The van der Waals surface area contributed by atoms with Gasteiger partial charge in [0.1, 0.15) is 0 Å². The molecule has 1 N–H and O–H groups in total. The van der Waals surface area contributed by atoms with Crippen molar-refractivity contribution in [1.29, 1.82) is 0 Å². The summed E-state index contributed by atoms with van der Waals surface area (Å²) in [5.74, 6) is 0. The SMILES string of the molecule is CN[C@H]1CCCN(S(=O)(=O)c2cccc(Br)c2)C1. The first-order chi connectivity index (χ1) is 8.54. The predicted octanol–water partition coefficient (Wildman–Crippen LogP) is 1.82. The highest BCUT2D eigenvalue weighted by molar-refractivity contribution is 9.10. The van der Waals surface area contributed by atoms with E-state index in [0.717, 1.165) is 17.3 Å². The fourth-order valence-electron chi connectivity index (χ4n) is 2.17. The number of hydrogen-bond acceptors (Lipinski definition) is 3. The molecule has 0 unspecified atom stereocenters. The normalized spacial score (nSPS) is 22.0. The van der Waals surface area contributed by atoms with Gasteiger partial charge in [-0.15, -0.1) is 0 Å². The van der Waals surface area contributed by atoms with Crippen molar-refractivity contribution in [3.05, 3.63) is 28.7 Å². The molecule has 1 atom stereocenters. The standard InChI is InChI=1S/C12H17BrN2O2S/c1-14-11-5-3-7-15(9-11)18(16,17)12-6-2-4-10(13)8-12/h2,4,6,8,11,14H,3,5,7,9H2,1H3/t11-/m0/s1. The number of nitrogens with zero attached hydrogens (tertiary/aromatic N) is 1. The number of hydrogen-bond donors (Lipinski definition) is 1. The third kappa shape index (κ3) is 2.93. The van der Waals surface area contributed by atoms with Gasteiger partial charge in [-0.1, -0.05) is 22.0 Å². The first-order valence-corrected chi connectivity index (χ1v) is 8.20. The van der Waals surface area contributed by atoms with Gasteiger partial charge in [-0.25, -0.2) is 8.42 Å². The first kappa shape index (κ1) is 14.0. The summed E-state index contributed by atoms with van der Waals surface area (Å²) < 4.78 is 27.3. The number of benzene rings is 1. The summed E-state index contributed by atoms with van der Waals surface area (Å²) in [7, 11) is -1.49. The number of nitrogens with one attached hydrogen (secondary N) is 1. The second-order valence-electron chi connectivity index (χ2n) is 4.45. The largest absolute Gasteiger partial charge is 0.316 e. The highest BCUT2D eigenvalue weighted by atomic mass is 79.9. The minimum atomic E-state index is -3.36. The predicted molar refractivity (Wildman–Crippen MR) is 75.0 cm³/mol. The molecule has 0 spiro atoms. The first-order valence-electron chi connectivity index (χ1n) is 5.97. The van der Waals surface area contributed by atoms with Crippen LogP contribution in [0, 0.1) is 0 Å². The molecule has 18 heavy (non-hydrogen) atoms. The molecule has 0 bridgehead atoms. The number of piperidine rings is 1. The summed E-state index contributed by atoms with van der Waals surface area (Å²) in [6.07, 6.45) is 1.93. The summed E-state index contributed by atoms with van der Waals surface area (Å²) >= 11 is 3.31. The van der Waals surface area contributed by atoms with Crippen LogP contribution in [0.15, 0.2) is 33.6 Å². The third-order valence-corrected chi connectivity index (χ3v) is 5.58. The number of sulfonamides is 1. The van der Waals surface area contributed by atoms with E-state index in [2.05, 4.69) is 21.2 Å². The molecule has 100 valence electrons. The van der Waals surface area contributed by atoms with Crippen LogP contribution >= 0.6 is 15.9 Å². The summed E-state index contributed by atoms with van der Waals surface area (Å²) in [4.78, 5) is 0.355. The van der Waals surface area contributed by atoms with Gasteiger partial charge in [0.15, 0.2) is 0 Å². The highest BCUT2D eigenvalue weighted by Gasteiger charge is 2.29. The molecular weight excluding hydrogens is 316 g/mol. The Labute approximate surface area is 117 Å². The van der Waals surface area contributed by atoms with Crippen LogP contribution in [-0.4, -0.2) is 38.9 Å². The van der Waals surface area contributed by atoms with Crippen molar-refractivity contribution in [3.63, 3.8) is 0 Å². The summed E-state index contributed by atoms with van der Waals surface area (Å²) in [5, 5.41) is 3.15. The topological polar surface area (TPSA) is 49.4 Å². The van der Waals surface area contributed by atoms with Crippen LogP contribution in [-0.2, 0) is 10.0 Å². The van der Waals surface area contributed by atoms with E-state index in [-0.39, 0.29) is 6.04 Å². The Kier molecular flexibility index (Phi) is 4.42. The molecule has 1 aromatic rings. The molecule has 6 heteroatoms. The van der Waals surface area contributed by atoms with Gasteiger partial charge in [-0.05, 0) is 38.1 Å². The van der Waals surface area contributed by atoms with Crippen LogP contribution < -0.4 is 5.32 Å². The second kappa shape index (κ2) is 5.69. The van der Waals surface area contributed by atoms with Crippen LogP contribution in [0.2, 0.25) is 0 Å². The van der Waals surface area contributed by atoms with Crippen LogP contribution in [0.4, 0.5) is 0 Å². The summed E-state index contributed by atoms with van der Waals surface area (Å²) in [6.45, 7) is 1.15. The van der Waals surface area contributed by atoms with Crippen molar-refractivity contribution in [2.24, 2.45) is 0 Å². The van der Waals surface area contributed by atoms with Gasteiger partial charge in [0.2, 0.25) is 10.0 Å². The molecule has 1 heterocycles. The Hall–Kier alpha value is -0.430. The van der Waals surface area contributed by atoms with Crippen molar-refractivity contribution in [3.8, 4) is 0 Å². The van der Waals surface area contributed by atoms with E-state index in [4.69, 9.17) is 0 Å². The van der Waals surface area contributed by atoms with E-state index < -0.39 is 10.0 Å². The molecule has 1 aromatic carbocycles. The van der Waals surface area contributed by atoms with E-state index in [1.807, 2.05) is 13.1 Å². The highest BCUT2D eigenvalue weighted by Crippen LogP contribution is 2.23. The van der Waals surface area contributed by atoms with Crippen molar-refractivity contribution in [1.82, 2.24) is 9.62 Å². The molecule has 0 amide bonds. The zero-order valence-corrected chi connectivity index (χ0v) is 12.7. The lowest BCUT2D eigenvalue weighted by Crippen LogP contribution is -2.46. The van der Waals surface area contributed by atoms with E-state index in [1.54, 1.807) is 22.5 Å². The molecule has 1 aliphatic heterocycles. The van der Waals surface area contributed by atoms with Crippen molar-refractivity contribution < 1.29 is 8.42 Å². The number of halogens is 1. The Morgan fingerprint density at radius 1 is 1.44 bits per heavy atom. The van der Waals surface area contributed by atoms with E-state index >= 15 is 0 Å². The molecular formula is C12H17BrN2O2S. The van der Waals surface area contributed by atoms with Crippen molar-refractivity contribution in [2.45, 2.75) is 23.8 Å². The maximum absolute atomic E-state index is 12.5. The lowest BCUT2D eigenvalue weighted by molar-refractivity contribution is 0.293. The molecule has 0 aromatic heterocycles. The molecule has 0 radical (unpaired) electrons. The molecule has 0 saturated carbocycles. The maximum Gasteiger partial charge on any atom is 0.243 e. The van der Waals surface area contributed by atoms with Crippen LogP contribution in [0.25, 0.3) is 0 Å². The minimum Gasteiger partial charge on any atom is -0.316 e. The van der Waals surface area contributed by atoms with Crippen LogP contribution in [0.3, 0.4) is 0 Å². The maximum atomic E-state index is 12.5. The van der Waals surface area contributed by atoms with Gasteiger partial charge in [0.05, 0.1) is 4.90 Å². The molecule has 1 saturated heterocycles. The molecule has 4 nitrogen and oxygen atoms in total. The molecule has 1 aliphatic rings. The van der Waals surface area contributed by atoms with Gasteiger partial charge in [-0.2, -0.15) is 4.31 Å². The Morgan fingerprint density at radius 2 is 2.22 bits per heavy atom. The van der Waals surface area contributed by atoms with Crippen LogP contribution in [0.5, 0.6) is 0 Å². The van der Waals surface area contributed by atoms with Gasteiger partial charge in [-0.3, -0.25) is 0 Å². The zero-order valence-electron chi connectivity index (χ0n) is 10.3. The average Bonchev–Trinajstić information content (AvgIpc) is 2.39. The fraction of sp³-hybridized carbons (Fsp3) is 0.500. The van der Waals surface area contributed by atoms with E-state index in [1.165, 1.54) is 0 Å². The monoisotopic (exact) mass is 332 g/mol. The van der Waals surface area contributed by atoms with Crippen LogP contribution in [0.1, 0.15) is 12.8 Å². The Bertz CT molecular complexity index is 519. The quantitative estimate of drug-likeness (QED) is 0.918. The van der Waals surface area contributed by atoms with Gasteiger partial charge in [0.25, 0.3) is 0 Å². The van der Waals surface area contributed by atoms with Gasteiger partial charge < -0.3 is 5.32 Å². The summed E-state index contributed by atoms with van der Waals surface area (Å²) in [5.41, 5.74) is 0. The lowest BCUT2D eigenvalue weighted by Gasteiger charge is -2.31. The summed E-state index contributed by atoms with van der Waals surface area (Å²) in [6, 6.07) is 7.12. The zero-order chi connectivity index (χ0) is 13.2. The van der Waals surface area contributed by atoms with Gasteiger partial charge >= 0.3 is 0 Å². The van der Waals surface area contributed by atoms with Crippen molar-refractivity contribution >= 4 is 26.0 Å². The smallest absolute Gasteiger partial charge is 0.243 e. The van der Waals surface area contributed by atoms with E-state index in [9.17, 15) is 8.42 Å². The Balaban J connectivity index is 2.25.